The number of carbonyl (C=O) groups excluding carboxylic acids is 1. The van der Waals surface area contributed by atoms with Crippen LogP contribution in [0.5, 0.6) is 0 Å². The third kappa shape index (κ3) is 4.39. The summed E-state index contributed by atoms with van der Waals surface area (Å²) in [7, 11) is -3.76. The van der Waals surface area contributed by atoms with E-state index in [4.69, 9.17) is 0 Å². The van der Waals surface area contributed by atoms with Gasteiger partial charge in [-0.05, 0) is 37.1 Å². The Morgan fingerprint density at radius 3 is 2.24 bits per heavy atom. The number of benzene rings is 1. The molecule has 0 bridgehead atoms. The Morgan fingerprint density at radius 2 is 1.80 bits per heavy atom. The van der Waals surface area contributed by atoms with E-state index in [2.05, 4.69) is 0 Å². The van der Waals surface area contributed by atoms with Crippen LogP contribution in [0, 0.1) is 0 Å². The molecular weight excluding hydrogens is 364 g/mol. The molecule has 1 aliphatic heterocycles. The van der Waals surface area contributed by atoms with Crippen LogP contribution in [0.2, 0.25) is 0 Å². The maximum atomic E-state index is 12.8. The third-order valence-corrected chi connectivity index (χ3v) is 7.83. The van der Waals surface area contributed by atoms with Gasteiger partial charge in [-0.3, -0.25) is 4.79 Å². The lowest BCUT2D eigenvalue weighted by Crippen LogP contribution is -2.41. The fourth-order valence-electron chi connectivity index (χ4n) is 2.86. The summed E-state index contributed by atoms with van der Waals surface area (Å²) in [6.45, 7) is 2.40. The summed E-state index contributed by atoms with van der Waals surface area (Å²) in [5.74, 6) is -0.172. The molecule has 0 aromatic heterocycles. The molecule has 0 unspecified atom stereocenters. The van der Waals surface area contributed by atoms with Crippen molar-refractivity contribution in [2.45, 2.75) is 30.7 Å². The van der Waals surface area contributed by atoms with Crippen LogP contribution in [0.3, 0.4) is 0 Å². The molecule has 1 atom stereocenters. The number of hydrogen-bond donors (Lipinski definition) is 0. The Labute approximate surface area is 149 Å². The molecule has 2 rings (SSSR count). The average molecular weight is 389 g/mol. The minimum absolute atomic E-state index is 0.00810. The molecule has 1 saturated heterocycles. The van der Waals surface area contributed by atoms with E-state index in [0.29, 0.717) is 18.5 Å². The Balaban J connectivity index is 2.25. The molecule has 0 saturated carbocycles. The molecule has 7 nitrogen and oxygen atoms in total. The number of sulfone groups is 1. The lowest BCUT2D eigenvalue weighted by Gasteiger charge is -2.28. The summed E-state index contributed by atoms with van der Waals surface area (Å²) in [5, 5.41) is 0. The highest BCUT2D eigenvalue weighted by atomic mass is 32.2. The molecule has 1 aromatic rings. The van der Waals surface area contributed by atoms with Gasteiger partial charge in [-0.25, -0.2) is 21.1 Å². The molecule has 140 valence electrons. The van der Waals surface area contributed by atoms with Gasteiger partial charge in [0.2, 0.25) is 10.0 Å². The van der Waals surface area contributed by atoms with Crippen molar-refractivity contribution in [2.75, 3.05) is 32.1 Å². The molecule has 25 heavy (non-hydrogen) atoms. The molecule has 0 radical (unpaired) electrons. The lowest BCUT2D eigenvalue weighted by molar-refractivity contribution is 0.0697. The largest absolute Gasteiger partial charge is 0.335 e. The van der Waals surface area contributed by atoms with Crippen molar-refractivity contribution >= 4 is 25.8 Å². The first kappa shape index (κ1) is 19.9. The summed E-state index contributed by atoms with van der Waals surface area (Å²) in [6, 6.07) is 5.44. The fourth-order valence-corrected chi connectivity index (χ4v) is 5.49. The molecule has 1 amide bonds. The maximum absolute atomic E-state index is 12.8. The van der Waals surface area contributed by atoms with Crippen LogP contribution in [0.15, 0.2) is 29.2 Å². The standard InChI is InChI=1S/C16H24N2O5S2/c1-4-10-18(14-9-11-24(20,21)12-14)16(19)13-5-7-15(8-6-13)25(22,23)17(2)3/h5-8,14H,4,9-12H2,1-3H3/t14-/m0/s1. The number of nitrogens with zero attached hydrogens (tertiary/aromatic N) is 2. The van der Waals surface area contributed by atoms with E-state index in [1.54, 1.807) is 4.90 Å². The maximum Gasteiger partial charge on any atom is 0.254 e. The molecule has 0 N–H and O–H groups in total. The summed E-state index contributed by atoms with van der Waals surface area (Å²) >= 11 is 0. The second-order valence-electron chi connectivity index (χ2n) is 6.37. The van der Waals surface area contributed by atoms with E-state index in [0.717, 1.165) is 10.7 Å². The minimum Gasteiger partial charge on any atom is -0.335 e. The van der Waals surface area contributed by atoms with Gasteiger partial charge in [0.1, 0.15) is 0 Å². The highest BCUT2D eigenvalue weighted by Gasteiger charge is 2.34. The van der Waals surface area contributed by atoms with Gasteiger partial charge in [0.25, 0.3) is 5.91 Å². The Kier molecular flexibility index (Phi) is 5.90. The number of amides is 1. The zero-order valence-electron chi connectivity index (χ0n) is 14.7. The molecule has 0 aliphatic carbocycles. The Bertz CT molecular complexity index is 830. The predicted octanol–water partition coefficient (Wildman–Crippen LogP) is 0.976. The summed E-state index contributed by atoms with van der Waals surface area (Å²) in [5.41, 5.74) is 0.357. The van der Waals surface area contributed by atoms with Crippen molar-refractivity contribution in [3.8, 4) is 0 Å². The SMILES string of the molecule is CCCN(C(=O)c1ccc(S(=O)(=O)N(C)C)cc1)[C@H]1CCS(=O)(=O)C1. The van der Waals surface area contributed by atoms with Gasteiger partial charge in [-0.1, -0.05) is 6.92 Å². The summed E-state index contributed by atoms with van der Waals surface area (Å²) in [6.07, 6.45) is 1.16. The second kappa shape index (κ2) is 7.43. The normalized spacial score (nSPS) is 19.9. The van der Waals surface area contributed by atoms with Crippen molar-refractivity contribution < 1.29 is 21.6 Å². The Morgan fingerprint density at radius 1 is 1.20 bits per heavy atom. The highest BCUT2D eigenvalue weighted by molar-refractivity contribution is 7.91. The van der Waals surface area contributed by atoms with Gasteiger partial charge in [-0.2, -0.15) is 0 Å². The van der Waals surface area contributed by atoms with Gasteiger partial charge in [-0.15, -0.1) is 0 Å². The first-order valence-electron chi connectivity index (χ1n) is 8.12. The highest BCUT2D eigenvalue weighted by Crippen LogP contribution is 2.21. The first-order chi connectivity index (χ1) is 11.6. The fraction of sp³-hybridized carbons (Fsp3) is 0.562. The van der Waals surface area contributed by atoms with Crippen LogP contribution in [-0.2, 0) is 19.9 Å². The van der Waals surface area contributed by atoms with Crippen LogP contribution >= 0.6 is 0 Å². The lowest BCUT2D eigenvalue weighted by atomic mass is 10.1. The molecular formula is C16H24N2O5S2. The van der Waals surface area contributed by atoms with Crippen molar-refractivity contribution in [3.63, 3.8) is 0 Å². The van der Waals surface area contributed by atoms with E-state index >= 15 is 0 Å². The van der Waals surface area contributed by atoms with E-state index in [1.165, 1.54) is 38.4 Å². The van der Waals surface area contributed by atoms with E-state index in [1.807, 2.05) is 6.92 Å². The predicted molar refractivity (Wildman–Crippen MR) is 95.7 cm³/mol. The van der Waals surface area contributed by atoms with Crippen LogP contribution in [0.1, 0.15) is 30.1 Å². The van der Waals surface area contributed by atoms with Crippen molar-refractivity contribution in [3.05, 3.63) is 29.8 Å². The molecule has 1 aromatic carbocycles. The molecule has 1 fully saturated rings. The number of hydrogen-bond acceptors (Lipinski definition) is 5. The van der Waals surface area contributed by atoms with Crippen molar-refractivity contribution in [1.82, 2.24) is 9.21 Å². The number of rotatable bonds is 6. The monoisotopic (exact) mass is 388 g/mol. The average Bonchev–Trinajstić information content (AvgIpc) is 2.91. The number of sulfonamides is 1. The third-order valence-electron chi connectivity index (χ3n) is 4.25. The van der Waals surface area contributed by atoms with Gasteiger partial charge in [0, 0.05) is 32.2 Å². The van der Waals surface area contributed by atoms with E-state index in [9.17, 15) is 21.6 Å². The van der Waals surface area contributed by atoms with Crippen LogP contribution < -0.4 is 0 Å². The Hall–Kier alpha value is -1.45. The zero-order chi connectivity index (χ0) is 18.8. The zero-order valence-corrected chi connectivity index (χ0v) is 16.3. The van der Waals surface area contributed by atoms with E-state index < -0.39 is 19.9 Å². The van der Waals surface area contributed by atoms with Crippen molar-refractivity contribution in [2.24, 2.45) is 0 Å². The summed E-state index contributed by atoms with van der Waals surface area (Å²) < 4.78 is 48.7. The first-order valence-corrected chi connectivity index (χ1v) is 11.4. The quantitative estimate of drug-likeness (QED) is 0.724. The molecule has 0 spiro atoms. The number of carbonyl (C=O) groups is 1. The molecule has 9 heteroatoms. The molecule has 1 aliphatic rings. The van der Waals surface area contributed by atoms with Gasteiger partial charge in [0.15, 0.2) is 9.84 Å². The van der Waals surface area contributed by atoms with E-state index in [-0.39, 0.29) is 28.4 Å². The van der Waals surface area contributed by atoms with Gasteiger partial charge in [0.05, 0.1) is 16.4 Å². The topological polar surface area (TPSA) is 91.8 Å². The van der Waals surface area contributed by atoms with Gasteiger partial charge >= 0.3 is 0 Å². The summed E-state index contributed by atoms with van der Waals surface area (Å²) in [4.78, 5) is 14.5. The minimum atomic E-state index is -3.55. The smallest absolute Gasteiger partial charge is 0.254 e. The molecule has 1 heterocycles. The van der Waals surface area contributed by atoms with Crippen LogP contribution in [-0.4, -0.2) is 70.1 Å². The van der Waals surface area contributed by atoms with Crippen LogP contribution in [0.4, 0.5) is 0 Å². The van der Waals surface area contributed by atoms with Crippen LogP contribution in [0.25, 0.3) is 0 Å². The van der Waals surface area contributed by atoms with Gasteiger partial charge < -0.3 is 4.90 Å². The van der Waals surface area contributed by atoms with Crippen molar-refractivity contribution in [1.29, 1.82) is 0 Å². The second-order valence-corrected chi connectivity index (χ2v) is 10.7.